The fourth-order valence-corrected chi connectivity index (χ4v) is 2.40. The minimum Gasteiger partial charge on any atom is -0.504 e. The number of aliphatic imine (C=N–C) groups is 1. The van der Waals surface area contributed by atoms with Crippen molar-refractivity contribution in [3.8, 4) is 17.2 Å². The zero-order chi connectivity index (χ0) is 14.0. The van der Waals surface area contributed by atoms with E-state index in [0.29, 0.717) is 12.8 Å². The van der Waals surface area contributed by atoms with Gasteiger partial charge in [0.15, 0.2) is 23.1 Å². The lowest BCUT2D eigenvalue weighted by molar-refractivity contribution is 0.231. The number of hydrogen-bond donors (Lipinski definition) is 1. The zero-order valence-corrected chi connectivity index (χ0v) is 10.7. The number of hydrogen-bond acceptors (Lipinski definition) is 5. The van der Waals surface area contributed by atoms with E-state index in [1.807, 2.05) is 0 Å². The average molecular weight is 267 g/mol. The second-order valence-electron chi connectivity index (χ2n) is 4.41. The third-order valence-corrected chi connectivity index (χ3v) is 3.50. The molecule has 0 radical (unpaired) electrons. The molecule has 0 atom stereocenters. The van der Waals surface area contributed by atoms with Crippen LogP contribution in [0, 0.1) is 5.82 Å². The molecule has 0 aromatic heterocycles. The summed E-state index contributed by atoms with van der Waals surface area (Å²) in [7, 11) is 2.75. The molecule has 6 heteroatoms. The van der Waals surface area contributed by atoms with E-state index in [4.69, 9.17) is 9.47 Å². The number of ether oxygens (including phenoxy) is 2. The van der Waals surface area contributed by atoms with Crippen molar-refractivity contribution < 1.29 is 23.8 Å². The summed E-state index contributed by atoms with van der Waals surface area (Å²) in [6.07, 6.45) is 3.37. The van der Waals surface area contributed by atoms with Crippen molar-refractivity contribution in [2.24, 2.45) is 4.99 Å². The van der Waals surface area contributed by atoms with E-state index in [1.54, 1.807) is 0 Å². The van der Waals surface area contributed by atoms with Gasteiger partial charge in [-0.2, -0.15) is 4.99 Å². The molecule has 102 valence electrons. The van der Waals surface area contributed by atoms with Crippen LogP contribution in [0.3, 0.4) is 0 Å². The van der Waals surface area contributed by atoms with Gasteiger partial charge in [-0.25, -0.2) is 9.18 Å². The highest BCUT2D eigenvalue weighted by atomic mass is 19.1. The van der Waals surface area contributed by atoms with Crippen molar-refractivity contribution in [3.05, 3.63) is 17.4 Å². The highest BCUT2D eigenvalue weighted by Gasteiger charge is 2.45. The van der Waals surface area contributed by atoms with Gasteiger partial charge in [0.1, 0.15) is 5.54 Å². The van der Waals surface area contributed by atoms with Crippen LogP contribution < -0.4 is 9.47 Å². The van der Waals surface area contributed by atoms with Gasteiger partial charge in [0, 0.05) is 6.07 Å². The Morgan fingerprint density at radius 1 is 1.42 bits per heavy atom. The van der Waals surface area contributed by atoms with Gasteiger partial charge in [-0.3, -0.25) is 0 Å². The molecule has 1 fully saturated rings. The van der Waals surface area contributed by atoms with E-state index in [1.165, 1.54) is 20.3 Å². The molecule has 1 N–H and O–H groups in total. The Balaban J connectivity index is 2.73. The van der Waals surface area contributed by atoms with Gasteiger partial charge in [0.2, 0.25) is 6.08 Å². The van der Waals surface area contributed by atoms with E-state index >= 15 is 0 Å². The largest absolute Gasteiger partial charge is 0.504 e. The van der Waals surface area contributed by atoms with E-state index in [9.17, 15) is 14.3 Å². The first-order valence-corrected chi connectivity index (χ1v) is 5.82. The molecular weight excluding hydrogens is 253 g/mol. The number of carbonyl (C=O) groups excluding carboxylic acids is 1. The quantitative estimate of drug-likeness (QED) is 0.671. The SMILES string of the molecule is COc1cc(F)c(O)c(C2(N=C=O)CCC2)c1OC. The van der Waals surface area contributed by atoms with Crippen molar-refractivity contribution in [2.45, 2.75) is 24.8 Å². The van der Waals surface area contributed by atoms with Crippen molar-refractivity contribution >= 4 is 6.08 Å². The molecule has 1 aromatic rings. The van der Waals surface area contributed by atoms with E-state index < -0.39 is 17.1 Å². The fourth-order valence-electron chi connectivity index (χ4n) is 2.40. The van der Waals surface area contributed by atoms with Crippen LogP contribution in [0.2, 0.25) is 0 Å². The lowest BCUT2D eigenvalue weighted by Gasteiger charge is -2.38. The minimum absolute atomic E-state index is 0.153. The molecule has 1 saturated carbocycles. The number of rotatable bonds is 4. The third kappa shape index (κ3) is 1.94. The van der Waals surface area contributed by atoms with Gasteiger partial charge in [-0.1, -0.05) is 0 Å². The van der Waals surface area contributed by atoms with Crippen molar-refractivity contribution in [2.75, 3.05) is 14.2 Å². The van der Waals surface area contributed by atoms with Crippen molar-refractivity contribution in [3.63, 3.8) is 0 Å². The van der Waals surface area contributed by atoms with E-state index in [2.05, 4.69) is 4.99 Å². The monoisotopic (exact) mass is 267 g/mol. The summed E-state index contributed by atoms with van der Waals surface area (Å²) in [6.45, 7) is 0. The van der Waals surface area contributed by atoms with Crippen molar-refractivity contribution in [1.29, 1.82) is 0 Å². The number of aromatic hydroxyl groups is 1. The zero-order valence-electron chi connectivity index (χ0n) is 10.7. The first-order valence-electron chi connectivity index (χ1n) is 5.82. The molecule has 1 aromatic carbocycles. The number of phenols is 1. The summed E-state index contributed by atoms with van der Waals surface area (Å²) in [6, 6.07) is 1.04. The standard InChI is InChI=1S/C13H14FNO4/c1-18-9-6-8(14)11(17)10(12(9)19-2)13(15-7-16)4-3-5-13/h6,17H,3-5H2,1-2H3. The predicted octanol–water partition coefficient (Wildman–Crippen LogP) is 2.26. The number of nitrogens with zero attached hydrogens (tertiary/aromatic N) is 1. The Kier molecular flexibility index (Phi) is 3.44. The van der Waals surface area contributed by atoms with Gasteiger partial charge < -0.3 is 14.6 Å². The van der Waals surface area contributed by atoms with Crippen LogP contribution in [0.4, 0.5) is 4.39 Å². The summed E-state index contributed by atoms with van der Waals surface area (Å²) in [5.41, 5.74) is -0.812. The number of phenolic OH excluding ortho intramolecular Hbond substituents is 1. The fraction of sp³-hybridized carbons (Fsp3) is 0.462. The lowest BCUT2D eigenvalue weighted by Crippen LogP contribution is -2.32. The van der Waals surface area contributed by atoms with Crippen LogP contribution in [0.1, 0.15) is 24.8 Å². The number of halogens is 1. The van der Waals surface area contributed by atoms with Crippen LogP contribution in [-0.2, 0) is 10.3 Å². The van der Waals surface area contributed by atoms with Crippen molar-refractivity contribution in [1.82, 2.24) is 0 Å². The molecule has 1 aliphatic carbocycles. The maximum atomic E-state index is 13.7. The summed E-state index contributed by atoms with van der Waals surface area (Å²) >= 11 is 0. The Bertz CT molecular complexity index is 548. The normalized spacial score (nSPS) is 16.2. The van der Waals surface area contributed by atoms with Crippen LogP contribution in [-0.4, -0.2) is 25.4 Å². The van der Waals surface area contributed by atoms with E-state index in [-0.39, 0.29) is 17.1 Å². The molecule has 0 aliphatic heterocycles. The molecule has 0 saturated heterocycles. The Morgan fingerprint density at radius 2 is 2.11 bits per heavy atom. The molecule has 0 spiro atoms. The lowest BCUT2D eigenvalue weighted by atomic mass is 9.71. The Labute approximate surface area is 109 Å². The second-order valence-corrected chi connectivity index (χ2v) is 4.41. The number of benzene rings is 1. The van der Waals surface area contributed by atoms with E-state index in [0.717, 1.165) is 12.5 Å². The molecule has 5 nitrogen and oxygen atoms in total. The van der Waals surface area contributed by atoms with Gasteiger partial charge in [0.25, 0.3) is 0 Å². The molecule has 2 rings (SSSR count). The highest BCUT2D eigenvalue weighted by molar-refractivity contribution is 5.59. The van der Waals surface area contributed by atoms with Gasteiger partial charge in [-0.15, -0.1) is 0 Å². The Hall–Kier alpha value is -2.07. The van der Waals surface area contributed by atoms with Gasteiger partial charge in [-0.05, 0) is 19.3 Å². The maximum absolute atomic E-state index is 13.7. The molecular formula is C13H14FNO4. The first-order chi connectivity index (χ1) is 9.09. The third-order valence-electron chi connectivity index (χ3n) is 3.50. The topological polar surface area (TPSA) is 68.1 Å². The maximum Gasteiger partial charge on any atom is 0.235 e. The first kappa shape index (κ1) is 13.4. The predicted molar refractivity (Wildman–Crippen MR) is 64.8 cm³/mol. The van der Waals surface area contributed by atoms with Gasteiger partial charge >= 0.3 is 0 Å². The Morgan fingerprint density at radius 3 is 2.53 bits per heavy atom. The minimum atomic E-state index is -0.966. The molecule has 0 bridgehead atoms. The molecule has 19 heavy (non-hydrogen) atoms. The molecule has 0 amide bonds. The van der Waals surface area contributed by atoms with Crippen LogP contribution in [0.5, 0.6) is 17.2 Å². The van der Waals surface area contributed by atoms with Crippen LogP contribution >= 0.6 is 0 Å². The van der Waals surface area contributed by atoms with Crippen LogP contribution in [0.15, 0.2) is 11.1 Å². The molecule has 1 aliphatic rings. The summed E-state index contributed by atoms with van der Waals surface area (Å²) in [5.74, 6) is -1.04. The smallest absolute Gasteiger partial charge is 0.235 e. The highest BCUT2D eigenvalue weighted by Crippen LogP contribution is 2.54. The average Bonchev–Trinajstić information content (AvgIpc) is 2.37. The number of methoxy groups -OCH3 is 2. The second kappa shape index (κ2) is 4.90. The summed E-state index contributed by atoms with van der Waals surface area (Å²) in [5, 5.41) is 9.96. The van der Waals surface area contributed by atoms with Gasteiger partial charge in [0.05, 0.1) is 19.8 Å². The number of isocyanates is 1. The summed E-state index contributed by atoms with van der Waals surface area (Å²) in [4.78, 5) is 14.3. The molecule has 0 heterocycles. The summed E-state index contributed by atoms with van der Waals surface area (Å²) < 4.78 is 24.0. The van der Waals surface area contributed by atoms with Crippen LogP contribution in [0.25, 0.3) is 0 Å². The molecule has 0 unspecified atom stereocenters.